The Morgan fingerprint density at radius 3 is 2.29 bits per heavy atom. The lowest BCUT2D eigenvalue weighted by molar-refractivity contribution is 0.446. The van der Waals surface area contributed by atoms with Gasteiger partial charge in [-0.25, -0.2) is 4.39 Å². The molecule has 0 unspecified atom stereocenters. The van der Waals surface area contributed by atoms with Crippen molar-refractivity contribution >= 4 is 6.08 Å². The van der Waals surface area contributed by atoms with Crippen molar-refractivity contribution in [3.8, 4) is 0 Å². The Morgan fingerprint density at radius 2 is 1.71 bits per heavy atom. The SMILES string of the molecule is CC.CC1CCC(=Cc2ccccc2F)CC1. The van der Waals surface area contributed by atoms with Crippen LogP contribution in [0.5, 0.6) is 0 Å². The smallest absolute Gasteiger partial charge is 0.130 e. The highest BCUT2D eigenvalue weighted by Gasteiger charge is 2.12. The number of hydrogen-bond donors (Lipinski definition) is 0. The van der Waals surface area contributed by atoms with Gasteiger partial charge in [0.25, 0.3) is 0 Å². The summed E-state index contributed by atoms with van der Waals surface area (Å²) in [5, 5.41) is 0. The molecule has 1 aromatic carbocycles. The molecule has 1 saturated carbocycles. The van der Waals surface area contributed by atoms with Crippen LogP contribution in [0.25, 0.3) is 6.08 Å². The number of halogens is 1. The number of allylic oxidation sites excluding steroid dienone is 1. The Bertz CT molecular complexity index is 356. The van der Waals surface area contributed by atoms with Gasteiger partial charge in [-0.3, -0.25) is 0 Å². The second kappa shape index (κ2) is 7.26. The van der Waals surface area contributed by atoms with Gasteiger partial charge in [0.1, 0.15) is 5.82 Å². The van der Waals surface area contributed by atoms with E-state index >= 15 is 0 Å². The maximum atomic E-state index is 13.4. The molecule has 0 radical (unpaired) electrons. The summed E-state index contributed by atoms with van der Waals surface area (Å²) in [6.07, 6.45) is 6.80. The summed E-state index contributed by atoms with van der Waals surface area (Å²) in [5.41, 5.74) is 2.14. The van der Waals surface area contributed by atoms with Crippen LogP contribution in [0.4, 0.5) is 4.39 Å². The average molecular weight is 234 g/mol. The Labute approximate surface area is 105 Å². The van der Waals surface area contributed by atoms with Crippen LogP contribution in [0.15, 0.2) is 29.8 Å². The average Bonchev–Trinajstić information content (AvgIpc) is 2.37. The van der Waals surface area contributed by atoms with E-state index < -0.39 is 0 Å². The highest BCUT2D eigenvalue weighted by Crippen LogP contribution is 2.29. The van der Waals surface area contributed by atoms with Crippen molar-refractivity contribution < 1.29 is 4.39 Å². The predicted molar refractivity (Wildman–Crippen MR) is 73.4 cm³/mol. The van der Waals surface area contributed by atoms with Crippen molar-refractivity contribution in [1.82, 2.24) is 0 Å². The van der Waals surface area contributed by atoms with Gasteiger partial charge < -0.3 is 0 Å². The van der Waals surface area contributed by atoms with E-state index in [1.54, 1.807) is 6.07 Å². The van der Waals surface area contributed by atoms with Gasteiger partial charge in [-0.1, -0.05) is 50.6 Å². The molecule has 1 aliphatic carbocycles. The van der Waals surface area contributed by atoms with Crippen LogP contribution < -0.4 is 0 Å². The fourth-order valence-corrected chi connectivity index (χ4v) is 2.09. The zero-order chi connectivity index (χ0) is 12.7. The first-order valence-corrected chi connectivity index (χ1v) is 6.69. The highest BCUT2D eigenvalue weighted by molar-refractivity contribution is 5.53. The molecule has 0 nitrogen and oxygen atoms in total. The second-order valence-electron chi connectivity index (χ2n) is 4.51. The van der Waals surface area contributed by atoms with Crippen LogP contribution in [0, 0.1) is 11.7 Å². The molecule has 1 heteroatoms. The van der Waals surface area contributed by atoms with Crippen molar-refractivity contribution in [2.45, 2.75) is 46.5 Å². The minimum atomic E-state index is -0.108. The lowest BCUT2D eigenvalue weighted by Crippen LogP contribution is -2.03. The molecule has 0 heterocycles. The van der Waals surface area contributed by atoms with Crippen LogP contribution in [0.2, 0.25) is 0 Å². The molecule has 0 amide bonds. The first kappa shape index (κ1) is 14.0. The van der Waals surface area contributed by atoms with E-state index in [4.69, 9.17) is 0 Å². The third kappa shape index (κ3) is 4.33. The van der Waals surface area contributed by atoms with Gasteiger partial charge in [-0.05, 0) is 37.7 Å². The number of benzene rings is 1. The molecule has 0 aromatic heterocycles. The molecule has 1 aliphatic rings. The Balaban J connectivity index is 0.000000686. The number of rotatable bonds is 1. The van der Waals surface area contributed by atoms with Crippen molar-refractivity contribution in [2.75, 3.05) is 0 Å². The molecule has 0 spiro atoms. The van der Waals surface area contributed by atoms with Crippen molar-refractivity contribution in [1.29, 1.82) is 0 Å². The van der Waals surface area contributed by atoms with Crippen LogP contribution >= 0.6 is 0 Å². The topological polar surface area (TPSA) is 0 Å². The molecule has 1 aromatic rings. The van der Waals surface area contributed by atoms with E-state index in [1.165, 1.54) is 24.5 Å². The molecule has 17 heavy (non-hydrogen) atoms. The molecule has 2 rings (SSSR count). The van der Waals surface area contributed by atoms with Crippen LogP contribution in [-0.4, -0.2) is 0 Å². The van der Waals surface area contributed by atoms with E-state index in [0.717, 1.165) is 24.3 Å². The highest BCUT2D eigenvalue weighted by atomic mass is 19.1. The number of hydrogen-bond acceptors (Lipinski definition) is 0. The molecule has 0 atom stereocenters. The summed E-state index contributed by atoms with van der Waals surface area (Å²) in [5.74, 6) is 0.728. The zero-order valence-corrected chi connectivity index (χ0v) is 11.2. The van der Waals surface area contributed by atoms with Gasteiger partial charge in [0, 0.05) is 5.56 Å². The van der Waals surface area contributed by atoms with Crippen LogP contribution in [0.1, 0.15) is 52.0 Å². The van der Waals surface area contributed by atoms with Gasteiger partial charge in [-0.2, -0.15) is 0 Å². The minimum absolute atomic E-state index is 0.108. The molecule has 94 valence electrons. The lowest BCUT2D eigenvalue weighted by atomic mass is 9.86. The largest absolute Gasteiger partial charge is 0.206 e. The lowest BCUT2D eigenvalue weighted by Gasteiger charge is -2.20. The maximum absolute atomic E-state index is 13.4. The van der Waals surface area contributed by atoms with Crippen molar-refractivity contribution in [3.05, 3.63) is 41.2 Å². The summed E-state index contributed by atoms with van der Waals surface area (Å²) in [4.78, 5) is 0. The fourth-order valence-electron chi connectivity index (χ4n) is 2.09. The molecular formula is C16H23F. The fraction of sp³-hybridized carbons (Fsp3) is 0.500. The van der Waals surface area contributed by atoms with Crippen molar-refractivity contribution in [2.24, 2.45) is 5.92 Å². The minimum Gasteiger partial charge on any atom is -0.206 e. The summed E-state index contributed by atoms with van der Waals surface area (Å²) in [6.45, 7) is 6.29. The predicted octanol–water partition coefficient (Wildman–Crippen LogP) is 5.45. The third-order valence-corrected chi connectivity index (χ3v) is 3.18. The third-order valence-electron chi connectivity index (χ3n) is 3.18. The summed E-state index contributed by atoms with van der Waals surface area (Å²) < 4.78 is 13.4. The summed E-state index contributed by atoms with van der Waals surface area (Å²) in [7, 11) is 0. The summed E-state index contributed by atoms with van der Waals surface area (Å²) >= 11 is 0. The molecule has 0 aliphatic heterocycles. The van der Waals surface area contributed by atoms with Gasteiger partial charge in [-0.15, -0.1) is 0 Å². The normalized spacial score (nSPS) is 19.3. The first-order chi connectivity index (χ1) is 8.25. The molecule has 0 bridgehead atoms. The van der Waals surface area contributed by atoms with Crippen molar-refractivity contribution in [3.63, 3.8) is 0 Å². The van der Waals surface area contributed by atoms with Gasteiger partial charge >= 0.3 is 0 Å². The van der Waals surface area contributed by atoms with E-state index in [9.17, 15) is 4.39 Å². The van der Waals surface area contributed by atoms with Gasteiger partial charge in [0.2, 0.25) is 0 Å². The maximum Gasteiger partial charge on any atom is 0.130 e. The van der Waals surface area contributed by atoms with Gasteiger partial charge in [0.15, 0.2) is 0 Å². The van der Waals surface area contributed by atoms with E-state index in [0.29, 0.717) is 0 Å². The molecule has 0 saturated heterocycles. The van der Waals surface area contributed by atoms with Crippen LogP contribution in [0.3, 0.4) is 0 Å². The van der Waals surface area contributed by atoms with Crippen LogP contribution in [-0.2, 0) is 0 Å². The van der Waals surface area contributed by atoms with E-state index in [1.807, 2.05) is 32.1 Å². The van der Waals surface area contributed by atoms with E-state index in [2.05, 4.69) is 6.92 Å². The molecule has 1 fully saturated rings. The van der Waals surface area contributed by atoms with E-state index in [-0.39, 0.29) is 5.82 Å². The molecular weight excluding hydrogens is 211 g/mol. The quantitative estimate of drug-likeness (QED) is 0.606. The Kier molecular flexibility index (Phi) is 5.96. The summed E-state index contributed by atoms with van der Waals surface area (Å²) in [6, 6.07) is 7.00. The van der Waals surface area contributed by atoms with Gasteiger partial charge in [0.05, 0.1) is 0 Å². The Morgan fingerprint density at radius 1 is 1.12 bits per heavy atom. The second-order valence-corrected chi connectivity index (χ2v) is 4.51. The first-order valence-electron chi connectivity index (χ1n) is 6.69. The zero-order valence-electron chi connectivity index (χ0n) is 11.2. The standard InChI is InChI=1S/C14H17F.C2H6/c1-11-6-8-12(9-7-11)10-13-4-2-3-5-14(13)15;1-2/h2-5,10-11H,6-9H2,1H3;1-2H3. The monoisotopic (exact) mass is 234 g/mol. The Hall–Kier alpha value is -1.11. The molecule has 0 N–H and O–H groups in total.